The lowest BCUT2D eigenvalue weighted by molar-refractivity contribution is 0.819. The molecule has 1 unspecified atom stereocenters. The second kappa shape index (κ2) is 4.31. The van der Waals surface area contributed by atoms with Gasteiger partial charge in [-0.2, -0.15) is 0 Å². The summed E-state index contributed by atoms with van der Waals surface area (Å²) in [5.41, 5.74) is 9.50. The first-order valence-corrected chi connectivity index (χ1v) is 6.18. The molecule has 18 heavy (non-hydrogen) atoms. The maximum atomic E-state index is 5.95. The Labute approximate surface area is 107 Å². The Bertz CT molecular complexity index is 666. The van der Waals surface area contributed by atoms with Gasteiger partial charge in [-0.05, 0) is 42.1 Å². The summed E-state index contributed by atoms with van der Waals surface area (Å²) in [5.74, 6) is 0. The summed E-state index contributed by atoms with van der Waals surface area (Å²) in [4.78, 5) is 0. The van der Waals surface area contributed by atoms with Crippen molar-refractivity contribution in [3.63, 3.8) is 0 Å². The van der Waals surface area contributed by atoms with Crippen LogP contribution in [0.25, 0.3) is 16.6 Å². The Kier molecular flexibility index (Phi) is 2.65. The van der Waals surface area contributed by atoms with Crippen molar-refractivity contribution in [2.45, 2.75) is 13.0 Å². The van der Waals surface area contributed by atoms with Crippen LogP contribution >= 0.6 is 0 Å². The van der Waals surface area contributed by atoms with Gasteiger partial charge in [0.15, 0.2) is 0 Å². The first-order valence-electron chi connectivity index (χ1n) is 6.18. The van der Waals surface area contributed by atoms with Crippen LogP contribution in [0.1, 0.15) is 18.5 Å². The zero-order valence-electron chi connectivity index (χ0n) is 10.4. The smallest absolute Gasteiger partial charge is 0.0531 e. The summed E-state index contributed by atoms with van der Waals surface area (Å²) in [7, 11) is 0. The lowest BCUT2D eigenvalue weighted by Crippen LogP contribution is -2.04. The summed E-state index contributed by atoms with van der Waals surface area (Å²) in [6.07, 6.45) is 2.10. The molecule has 0 aliphatic carbocycles. The number of para-hydroxylation sites is 1. The first kappa shape index (κ1) is 11.1. The van der Waals surface area contributed by atoms with E-state index < -0.39 is 0 Å². The van der Waals surface area contributed by atoms with E-state index in [4.69, 9.17) is 5.73 Å². The van der Waals surface area contributed by atoms with Gasteiger partial charge >= 0.3 is 0 Å². The molecule has 0 amide bonds. The number of nitrogens with zero attached hydrogens (tertiary/aromatic N) is 1. The lowest BCUT2D eigenvalue weighted by Gasteiger charge is -2.09. The second-order valence-corrected chi connectivity index (χ2v) is 4.63. The van der Waals surface area contributed by atoms with Gasteiger partial charge in [-0.25, -0.2) is 0 Å². The van der Waals surface area contributed by atoms with E-state index in [1.807, 2.05) is 13.0 Å². The van der Waals surface area contributed by atoms with E-state index in [0.717, 1.165) is 0 Å². The highest BCUT2D eigenvalue weighted by Crippen LogP contribution is 2.23. The van der Waals surface area contributed by atoms with Crippen molar-refractivity contribution < 1.29 is 0 Å². The highest BCUT2D eigenvalue weighted by atomic mass is 15.0. The molecule has 0 aliphatic rings. The van der Waals surface area contributed by atoms with Gasteiger partial charge in [0.25, 0.3) is 0 Å². The second-order valence-electron chi connectivity index (χ2n) is 4.63. The molecule has 2 N–H and O–H groups in total. The van der Waals surface area contributed by atoms with Gasteiger partial charge in [0.05, 0.1) is 5.52 Å². The average molecular weight is 236 g/mol. The molecule has 3 rings (SSSR count). The van der Waals surface area contributed by atoms with Crippen LogP contribution in [-0.4, -0.2) is 4.57 Å². The van der Waals surface area contributed by atoms with E-state index in [-0.39, 0.29) is 6.04 Å². The van der Waals surface area contributed by atoms with Crippen molar-refractivity contribution in [1.29, 1.82) is 0 Å². The molecule has 0 bridgehead atoms. The molecule has 0 saturated carbocycles. The van der Waals surface area contributed by atoms with E-state index in [1.54, 1.807) is 0 Å². The Hall–Kier alpha value is -2.06. The average Bonchev–Trinajstić information content (AvgIpc) is 2.82. The summed E-state index contributed by atoms with van der Waals surface area (Å²) in [6.45, 7) is 2.01. The highest BCUT2D eigenvalue weighted by molar-refractivity contribution is 5.82. The van der Waals surface area contributed by atoms with Gasteiger partial charge in [0.1, 0.15) is 0 Å². The van der Waals surface area contributed by atoms with E-state index in [2.05, 4.69) is 59.3 Å². The lowest BCUT2D eigenvalue weighted by atomic mass is 10.1. The molecule has 0 fully saturated rings. The molecule has 0 radical (unpaired) electrons. The molecule has 0 aliphatic heterocycles. The fraction of sp³-hybridized carbons (Fsp3) is 0.125. The standard InChI is InChI=1S/C16H16N2/c1-12(17)14-8-7-13-9-10-18(16(13)11-14)15-5-3-2-4-6-15/h2-12H,17H2,1H3. The van der Waals surface area contributed by atoms with Crippen LogP contribution in [0.4, 0.5) is 0 Å². The van der Waals surface area contributed by atoms with Gasteiger partial charge in [-0.1, -0.05) is 30.3 Å². The number of rotatable bonds is 2. The molecule has 3 aromatic rings. The number of benzene rings is 2. The van der Waals surface area contributed by atoms with Crippen molar-refractivity contribution in [2.24, 2.45) is 5.73 Å². The number of nitrogens with two attached hydrogens (primary N) is 1. The maximum Gasteiger partial charge on any atom is 0.0531 e. The van der Waals surface area contributed by atoms with Gasteiger partial charge in [0, 0.05) is 17.9 Å². The quantitative estimate of drug-likeness (QED) is 0.723. The predicted molar refractivity (Wildman–Crippen MR) is 75.9 cm³/mol. The Morgan fingerprint density at radius 2 is 1.78 bits per heavy atom. The minimum absolute atomic E-state index is 0.0634. The third-order valence-corrected chi connectivity index (χ3v) is 3.28. The Balaban J connectivity index is 2.21. The molecular weight excluding hydrogens is 220 g/mol. The molecule has 2 aromatic carbocycles. The number of hydrogen-bond donors (Lipinski definition) is 1. The van der Waals surface area contributed by atoms with Crippen LogP contribution in [0.15, 0.2) is 60.8 Å². The third-order valence-electron chi connectivity index (χ3n) is 3.28. The van der Waals surface area contributed by atoms with Crippen LogP contribution in [0.2, 0.25) is 0 Å². The van der Waals surface area contributed by atoms with Crippen LogP contribution < -0.4 is 5.73 Å². The van der Waals surface area contributed by atoms with Gasteiger partial charge < -0.3 is 10.3 Å². The Morgan fingerprint density at radius 3 is 2.50 bits per heavy atom. The molecule has 1 atom stereocenters. The predicted octanol–water partition coefficient (Wildman–Crippen LogP) is 3.65. The summed E-state index contributed by atoms with van der Waals surface area (Å²) >= 11 is 0. The number of fused-ring (bicyclic) bond motifs is 1. The van der Waals surface area contributed by atoms with E-state index in [9.17, 15) is 0 Å². The van der Waals surface area contributed by atoms with E-state index in [0.29, 0.717) is 0 Å². The number of aromatic nitrogens is 1. The van der Waals surface area contributed by atoms with E-state index >= 15 is 0 Å². The molecular formula is C16H16N2. The monoisotopic (exact) mass is 236 g/mol. The van der Waals surface area contributed by atoms with Gasteiger partial charge in [-0.15, -0.1) is 0 Å². The summed E-state index contributed by atoms with van der Waals surface area (Å²) in [5, 5.41) is 1.24. The normalized spacial score (nSPS) is 12.8. The highest BCUT2D eigenvalue weighted by Gasteiger charge is 2.05. The molecule has 1 aromatic heterocycles. The van der Waals surface area contributed by atoms with Crippen LogP contribution in [0.5, 0.6) is 0 Å². The molecule has 0 saturated heterocycles. The fourth-order valence-electron chi connectivity index (χ4n) is 2.24. The van der Waals surface area contributed by atoms with Crippen LogP contribution in [0, 0.1) is 0 Å². The summed E-state index contributed by atoms with van der Waals surface area (Å²) in [6, 6.07) is 19.0. The fourth-order valence-corrected chi connectivity index (χ4v) is 2.24. The SMILES string of the molecule is CC(N)c1ccc2ccn(-c3ccccc3)c2c1. The Morgan fingerprint density at radius 1 is 1.00 bits per heavy atom. The number of hydrogen-bond acceptors (Lipinski definition) is 1. The molecule has 1 heterocycles. The zero-order chi connectivity index (χ0) is 12.5. The minimum atomic E-state index is 0.0634. The van der Waals surface area contributed by atoms with Crippen molar-refractivity contribution in [1.82, 2.24) is 4.57 Å². The molecule has 0 spiro atoms. The molecule has 90 valence electrons. The summed E-state index contributed by atoms with van der Waals surface area (Å²) < 4.78 is 2.20. The van der Waals surface area contributed by atoms with Gasteiger partial charge in [0.2, 0.25) is 0 Å². The molecule has 2 heteroatoms. The van der Waals surface area contributed by atoms with Crippen LogP contribution in [-0.2, 0) is 0 Å². The molecule has 2 nitrogen and oxygen atoms in total. The van der Waals surface area contributed by atoms with Crippen LogP contribution in [0.3, 0.4) is 0 Å². The topological polar surface area (TPSA) is 30.9 Å². The first-order chi connectivity index (χ1) is 8.75. The largest absolute Gasteiger partial charge is 0.324 e. The van der Waals surface area contributed by atoms with Crippen molar-refractivity contribution in [2.75, 3.05) is 0 Å². The zero-order valence-corrected chi connectivity index (χ0v) is 10.4. The maximum absolute atomic E-state index is 5.95. The van der Waals surface area contributed by atoms with E-state index in [1.165, 1.54) is 22.2 Å². The van der Waals surface area contributed by atoms with Crippen molar-refractivity contribution in [3.8, 4) is 5.69 Å². The van der Waals surface area contributed by atoms with Crippen molar-refractivity contribution >= 4 is 10.9 Å². The van der Waals surface area contributed by atoms with Crippen molar-refractivity contribution in [3.05, 3.63) is 66.4 Å². The third kappa shape index (κ3) is 1.81. The minimum Gasteiger partial charge on any atom is -0.324 e. The van der Waals surface area contributed by atoms with Gasteiger partial charge in [-0.3, -0.25) is 0 Å².